The molecule has 0 aliphatic carbocycles. The van der Waals surface area contributed by atoms with Crippen molar-refractivity contribution in [2.45, 2.75) is 20.4 Å². The van der Waals surface area contributed by atoms with Gasteiger partial charge in [-0.2, -0.15) is 4.98 Å². The van der Waals surface area contributed by atoms with Crippen LogP contribution in [0.4, 0.5) is 4.39 Å². The first-order valence-electron chi connectivity index (χ1n) is 5.45. The fourth-order valence-electron chi connectivity index (χ4n) is 1.84. The van der Waals surface area contributed by atoms with Gasteiger partial charge < -0.3 is 15.0 Å². The summed E-state index contributed by atoms with van der Waals surface area (Å²) < 4.78 is 23.9. The van der Waals surface area contributed by atoms with Crippen molar-refractivity contribution in [2.75, 3.05) is 7.11 Å². The van der Waals surface area contributed by atoms with Crippen LogP contribution in [0.2, 0.25) is 0 Å². The zero-order chi connectivity index (χ0) is 13.3. The number of nitrogens with zero attached hydrogens (tertiary/aromatic N) is 2. The lowest BCUT2D eigenvalue weighted by molar-refractivity contribution is 0.380. The first-order valence-corrected chi connectivity index (χ1v) is 5.45. The summed E-state index contributed by atoms with van der Waals surface area (Å²) in [5.74, 6) is 0.741. The summed E-state index contributed by atoms with van der Waals surface area (Å²) in [6, 6.07) is 1.37. The molecule has 2 N–H and O–H groups in total. The van der Waals surface area contributed by atoms with Gasteiger partial charge in [-0.05, 0) is 19.9 Å². The summed E-state index contributed by atoms with van der Waals surface area (Å²) in [4.78, 5) is 4.08. The highest BCUT2D eigenvalue weighted by Gasteiger charge is 2.17. The van der Waals surface area contributed by atoms with Gasteiger partial charge in [0.15, 0.2) is 0 Å². The van der Waals surface area contributed by atoms with Crippen LogP contribution >= 0.6 is 0 Å². The third-order valence-corrected chi connectivity index (χ3v) is 2.80. The van der Waals surface area contributed by atoms with E-state index in [1.54, 1.807) is 6.92 Å². The molecule has 0 amide bonds. The minimum absolute atomic E-state index is 0.150. The van der Waals surface area contributed by atoms with E-state index >= 15 is 0 Å². The molecule has 0 saturated heterocycles. The van der Waals surface area contributed by atoms with Gasteiger partial charge in [0.05, 0.1) is 13.7 Å². The van der Waals surface area contributed by atoms with E-state index in [0.29, 0.717) is 28.6 Å². The third-order valence-electron chi connectivity index (χ3n) is 2.80. The second-order valence-corrected chi connectivity index (χ2v) is 3.91. The second kappa shape index (κ2) is 4.73. The van der Waals surface area contributed by atoms with E-state index in [2.05, 4.69) is 10.1 Å². The molecule has 2 rings (SSSR count). The van der Waals surface area contributed by atoms with Crippen LogP contribution in [-0.2, 0) is 6.54 Å². The van der Waals surface area contributed by atoms with Gasteiger partial charge in [0.1, 0.15) is 11.6 Å². The molecule has 0 radical (unpaired) electrons. The van der Waals surface area contributed by atoms with Gasteiger partial charge in [-0.25, -0.2) is 4.39 Å². The Labute approximate surface area is 104 Å². The van der Waals surface area contributed by atoms with Crippen molar-refractivity contribution in [2.24, 2.45) is 5.73 Å². The molecular weight excluding hydrogens is 237 g/mol. The fourth-order valence-corrected chi connectivity index (χ4v) is 1.84. The first kappa shape index (κ1) is 12.5. The number of ether oxygens (including phenoxy) is 1. The predicted octanol–water partition coefficient (Wildman–Crippen LogP) is 1.96. The summed E-state index contributed by atoms with van der Waals surface area (Å²) in [5.41, 5.74) is 7.16. The van der Waals surface area contributed by atoms with Crippen LogP contribution in [0.1, 0.15) is 17.0 Å². The lowest BCUT2D eigenvalue weighted by Gasteiger charge is -2.12. The summed E-state index contributed by atoms with van der Waals surface area (Å²) in [5, 5.41) is 3.78. The Hall–Kier alpha value is -1.95. The van der Waals surface area contributed by atoms with Crippen molar-refractivity contribution >= 4 is 0 Å². The van der Waals surface area contributed by atoms with Gasteiger partial charge in [0.2, 0.25) is 11.7 Å². The molecule has 0 spiro atoms. The smallest absolute Gasteiger partial charge is 0.240 e. The van der Waals surface area contributed by atoms with Crippen LogP contribution in [0, 0.1) is 19.7 Å². The molecular formula is C12H14FN3O2. The quantitative estimate of drug-likeness (QED) is 0.902. The molecule has 0 atom stereocenters. The van der Waals surface area contributed by atoms with E-state index in [1.165, 1.54) is 13.2 Å². The van der Waals surface area contributed by atoms with E-state index in [-0.39, 0.29) is 12.4 Å². The van der Waals surface area contributed by atoms with Crippen molar-refractivity contribution in [3.8, 4) is 17.1 Å². The molecule has 2 aromatic rings. The zero-order valence-corrected chi connectivity index (χ0v) is 10.5. The summed E-state index contributed by atoms with van der Waals surface area (Å²) >= 11 is 0. The molecule has 1 aromatic carbocycles. The molecule has 0 saturated carbocycles. The van der Waals surface area contributed by atoms with E-state index < -0.39 is 0 Å². The molecule has 18 heavy (non-hydrogen) atoms. The summed E-state index contributed by atoms with van der Waals surface area (Å²) in [6.45, 7) is 3.63. The predicted molar refractivity (Wildman–Crippen MR) is 63.6 cm³/mol. The van der Waals surface area contributed by atoms with Crippen LogP contribution in [0.5, 0.6) is 5.75 Å². The third kappa shape index (κ3) is 1.95. The van der Waals surface area contributed by atoms with E-state index in [4.69, 9.17) is 15.0 Å². The number of nitrogens with two attached hydrogens (primary N) is 1. The Morgan fingerprint density at radius 2 is 2.11 bits per heavy atom. The number of hydrogen-bond donors (Lipinski definition) is 1. The Balaban J connectivity index is 2.60. The van der Waals surface area contributed by atoms with Crippen molar-refractivity contribution in [1.82, 2.24) is 10.1 Å². The monoisotopic (exact) mass is 251 g/mol. The Morgan fingerprint density at radius 3 is 2.67 bits per heavy atom. The van der Waals surface area contributed by atoms with Gasteiger partial charge >= 0.3 is 0 Å². The second-order valence-electron chi connectivity index (χ2n) is 3.91. The van der Waals surface area contributed by atoms with Crippen molar-refractivity contribution in [1.29, 1.82) is 0 Å². The van der Waals surface area contributed by atoms with Crippen molar-refractivity contribution < 1.29 is 13.7 Å². The average molecular weight is 251 g/mol. The van der Waals surface area contributed by atoms with Crippen LogP contribution in [0.25, 0.3) is 11.4 Å². The van der Waals surface area contributed by atoms with E-state index in [1.807, 2.05) is 6.92 Å². The number of benzene rings is 1. The van der Waals surface area contributed by atoms with Crippen LogP contribution < -0.4 is 10.5 Å². The molecule has 1 aromatic heterocycles. The molecule has 6 heteroatoms. The van der Waals surface area contributed by atoms with Crippen molar-refractivity contribution in [3.63, 3.8) is 0 Å². The van der Waals surface area contributed by atoms with Crippen LogP contribution in [-0.4, -0.2) is 17.3 Å². The Morgan fingerprint density at radius 1 is 1.39 bits per heavy atom. The maximum absolute atomic E-state index is 13.8. The minimum atomic E-state index is -0.369. The molecule has 96 valence electrons. The first-order chi connectivity index (χ1) is 8.58. The lowest BCUT2D eigenvalue weighted by atomic mass is 10.0. The molecule has 0 unspecified atom stereocenters. The van der Waals surface area contributed by atoms with Crippen LogP contribution in [0.15, 0.2) is 10.6 Å². The highest BCUT2D eigenvalue weighted by atomic mass is 19.1. The maximum atomic E-state index is 13.8. The maximum Gasteiger partial charge on any atom is 0.240 e. The largest absolute Gasteiger partial charge is 0.496 e. The topological polar surface area (TPSA) is 74.2 Å². The van der Waals surface area contributed by atoms with Crippen LogP contribution in [0.3, 0.4) is 0 Å². The molecule has 5 nitrogen and oxygen atoms in total. The van der Waals surface area contributed by atoms with Crippen molar-refractivity contribution in [3.05, 3.63) is 28.9 Å². The van der Waals surface area contributed by atoms with E-state index in [9.17, 15) is 4.39 Å². The van der Waals surface area contributed by atoms with Gasteiger partial charge in [-0.1, -0.05) is 5.16 Å². The highest BCUT2D eigenvalue weighted by Crippen LogP contribution is 2.33. The molecule has 0 bridgehead atoms. The van der Waals surface area contributed by atoms with Gasteiger partial charge in [-0.3, -0.25) is 0 Å². The van der Waals surface area contributed by atoms with Gasteiger partial charge in [0.25, 0.3) is 0 Å². The molecule has 0 aliphatic heterocycles. The minimum Gasteiger partial charge on any atom is -0.496 e. The normalized spacial score (nSPS) is 10.7. The Bertz CT molecular complexity index is 581. The van der Waals surface area contributed by atoms with Gasteiger partial charge in [-0.15, -0.1) is 0 Å². The highest BCUT2D eigenvalue weighted by molar-refractivity contribution is 5.65. The lowest BCUT2D eigenvalue weighted by Crippen LogP contribution is -1.99. The molecule has 0 aliphatic rings. The average Bonchev–Trinajstić information content (AvgIpc) is 2.83. The summed E-state index contributed by atoms with van der Waals surface area (Å²) in [7, 11) is 1.50. The number of methoxy groups -OCH3 is 1. The number of hydrogen-bond acceptors (Lipinski definition) is 5. The fraction of sp³-hybridized carbons (Fsp3) is 0.333. The molecule has 1 heterocycles. The zero-order valence-electron chi connectivity index (χ0n) is 10.5. The standard InChI is InChI=1S/C12H14FN3O2/c1-6-8(12-15-10(5-14)18-16-12)4-9(13)7(2)11(6)17-3/h4H,5,14H2,1-3H3. The number of halogens is 1. The Kier molecular flexibility index (Phi) is 3.29. The number of aromatic nitrogens is 2. The molecule has 0 fully saturated rings. The van der Waals surface area contributed by atoms with E-state index in [0.717, 1.165) is 5.56 Å². The number of rotatable bonds is 3. The SMILES string of the molecule is COc1c(C)c(F)cc(-c2noc(CN)n2)c1C. The van der Waals surface area contributed by atoms with Gasteiger partial charge in [0, 0.05) is 16.7 Å². The summed E-state index contributed by atoms with van der Waals surface area (Å²) in [6.07, 6.45) is 0.